The highest BCUT2D eigenvalue weighted by Crippen LogP contribution is 2.38. The van der Waals surface area contributed by atoms with Crippen molar-refractivity contribution < 1.29 is 19.0 Å². The van der Waals surface area contributed by atoms with E-state index in [4.69, 9.17) is 38.0 Å². The molecule has 2 aromatic rings. The van der Waals surface area contributed by atoms with Gasteiger partial charge in [-0.3, -0.25) is 10.1 Å². The molecule has 1 heterocycles. The lowest BCUT2D eigenvalue weighted by Gasteiger charge is -2.29. The number of carbonyl (C=O) groups is 1. The summed E-state index contributed by atoms with van der Waals surface area (Å²) in [5.41, 5.74) is 2.03. The number of nitrogens with one attached hydrogen (secondary N) is 2. The summed E-state index contributed by atoms with van der Waals surface area (Å²) >= 11 is 11.8. The molecule has 3 rings (SSSR count). The lowest BCUT2D eigenvalue weighted by Crippen LogP contribution is -2.34. The predicted octanol–water partition coefficient (Wildman–Crippen LogP) is 4.48. The van der Waals surface area contributed by atoms with E-state index in [1.807, 2.05) is 18.2 Å². The van der Waals surface area contributed by atoms with Gasteiger partial charge < -0.3 is 24.4 Å². The Balaban J connectivity index is 1.68. The van der Waals surface area contributed by atoms with E-state index in [2.05, 4.69) is 15.5 Å². The standard InChI is InChI=1S/C22H26ClN3O4S/c1-28-18-11-14(12-19(29-2)20(18)30-3)21(27)25-22(31)24-15-7-8-17(16(23)13-15)26-9-5-4-6-10-26/h7-8,11-13H,4-6,9-10H2,1-3H3,(H2,24,25,27,31). The Bertz CT molecular complexity index is 939. The number of carbonyl (C=O) groups excluding carboxylic acids is 1. The molecule has 7 nitrogen and oxygen atoms in total. The molecule has 1 amide bonds. The number of thiocarbonyl (C=S) groups is 1. The number of nitrogens with zero attached hydrogens (tertiary/aromatic N) is 1. The van der Waals surface area contributed by atoms with E-state index in [1.165, 1.54) is 40.6 Å². The Labute approximate surface area is 192 Å². The maximum atomic E-state index is 12.7. The number of hydrogen-bond acceptors (Lipinski definition) is 6. The number of piperidine rings is 1. The Morgan fingerprint density at radius 1 is 1.00 bits per heavy atom. The van der Waals surface area contributed by atoms with Crippen LogP contribution in [0.25, 0.3) is 0 Å². The zero-order chi connectivity index (χ0) is 22.4. The first-order valence-corrected chi connectivity index (χ1v) is 10.7. The van der Waals surface area contributed by atoms with Gasteiger partial charge in [0.1, 0.15) is 0 Å². The van der Waals surface area contributed by atoms with Crippen LogP contribution in [0.2, 0.25) is 5.02 Å². The molecule has 1 aliphatic rings. The molecule has 166 valence electrons. The van der Waals surface area contributed by atoms with Crippen molar-refractivity contribution >= 4 is 46.2 Å². The highest BCUT2D eigenvalue weighted by Gasteiger charge is 2.18. The Morgan fingerprint density at radius 3 is 2.19 bits per heavy atom. The minimum atomic E-state index is -0.409. The van der Waals surface area contributed by atoms with Gasteiger partial charge in [0.2, 0.25) is 5.75 Å². The fourth-order valence-corrected chi connectivity index (χ4v) is 4.04. The molecule has 31 heavy (non-hydrogen) atoms. The average molecular weight is 464 g/mol. The van der Waals surface area contributed by atoms with Crippen LogP contribution in [-0.4, -0.2) is 45.4 Å². The Hall–Kier alpha value is -2.71. The first-order valence-electron chi connectivity index (χ1n) is 9.93. The number of ether oxygens (including phenoxy) is 3. The second-order valence-corrected chi connectivity index (χ2v) is 7.85. The summed E-state index contributed by atoms with van der Waals surface area (Å²) in [6, 6.07) is 8.80. The second kappa shape index (κ2) is 10.5. The van der Waals surface area contributed by atoms with Gasteiger partial charge in [0.15, 0.2) is 16.6 Å². The molecule has 1 saturated heterocycles. The zero-order valence-electron chi connectivity index (χ0n) is 17.8. The molecule has 0 aromatic heterocycles. The summed E-state index contributed by atoms with van der Waals surface area (Å²) in [4.78, 5) is 15.0. The highest BCUT2D eigenvalue weighted by atomic mass is 35.5. The smallest absolute Gasteiger partial charge is 0.257 e. The first-order chi connectivity index (χ1) is 15.0. The van der Waals surface area contributed by atoms with Crippen LogP contribution in [-0.2, 0) is 0 Å². The van der Waals surface area contributed by atoms with Crippen LogP contribution in [0.5, 0.6) is 17.2 Å². The third kappa shape index (κ3) is 5.51. The monoisotopic (exact) mass is 463 g/mol. The summed E-state index contributed by atoms with van der Waals surface area (Å²) in [5.74, 6) is 0.760. The molecule has 0 aliphatic carbocycles. The van der Waals surface area contributed by atoms with Crippen molar-refractivity contribution in [3.8, 4) is 17.2 Å². The summed E-state index contributed by atoms with van der Waals surface area (Å²) < 4.78 is 15.9. The van der Waals surface area contributed by atoms with Gasteiger partial charge in [0.25, 0.3) is 5.91 Å². The minimum Gasteiger partial charge on any atom is -0.493 e. The normalized spacial score (nSPS) is 13.4. The number of halogens is 1. The summed E-state index contributed by atoms with van der Waals surface area (Å²) in [7, 11) is 4.48. The van der Waals surface area contributed by atoms with Crippen LogP contribution in [0.4, 0.5) is 11.4 Å². The predicted molar refractivity (Wildman–Crippen MR) is 127 cm³/mol. The highest BCUT2D eigenvalue weighted by molar-refractivity contribution is 7.80. The number of amides is 1. The minimum absolute atomic E-state index is 0.153. The molecule has 0 atom stereocenters. The molecule has 0 bridgehead atoms. The van der Waals surface area contributed by atoms with Gasteiger partial charge >= 0.3 is 0 Å². The Kier molecular flexibility index (Phi) is 7.81. The molecule has 9 heteroatoms. The first kappa shape index (κ1) is 23.0. The van der Waals surface area contributed by atoms with Crippen molar-refractivity contribution in [1.29, 1.82) is 0 Å². The maximum Gasteiger partial charge on any atom is 0.257 e. The summed E-state index contributed by atoms with van der Waals surface area (Å²) in [6.07, 6.45) is 3.61. The van der Waals surface area contributed by atoms with Crippen LogP contribution in [0.15, 0.2) is 30.3 Å². The molecule has 0 unspecified atom stereocenters. The van der Waals surface area contributed by atoms with Crippen molar-refractivity contribution in [1.82, 2.24) is 5.32 Å². The quantitative estimate of drug-likeness (QED) is 0.612. The van der Waals surface area contributed by atoms with Gasteiger partial charge in [-0.15, -0.1) is 0 Å². The number of hydrogen-bond donors (Lipinski definition) is 2. The maximum absolute atomic E-state index is 12.7. The van der Waals surface area contributed by atoms with E-state index < -0.39 is 5.91 Å². The van der Waals surface area contributed by atoms with Crippen molar-refractivity contribution in [2.24, 2.45) is 0 Å². The molecule has 1 aliphatic heterocycles. The Morgan fingerprint density at radius 2 is 1.65 bits per heavy atom. The van der Waals surface area contributed by atoms with Gasteiger partial charge in [-0.1, -0.05) is 11.6 Å². The van der Waals surface area contributed by atoms with Crippen LogP contribution in [0.3, 0.4) is 0 Å². The fourth-order valence-electron chi connectivity index (χ4n) is 3.53. The van der Waals surface area contributed by atoms with E-state index in [0.717, 1.165) is 18.8 Å². The number of methoxy groups -OCH3 is 3. The van der Waals surface area contributed by atoms with Crippen molar-refractivity contribution in [3.63, 3.8) is 0 Å². The number of anilines is 2. The van der Waals surface area contributed by atoms with Gasteiger partial charge in [0, 0.05) is 24.3 Å². The van der Waals surface area contributed by atoms with Crippen molar-refractivity contribution in [3.05, 3.63) is 40.9 Å². The topological polar surface area (TPSA) is 72.1 Å². The lowest BCUT2D eigenvalue weighted by molar-refractivity contribution is 0.0977. The van der Waals surface area contributed by atoms with Crippen LogP contribution < -0.4 is 29.7 Å². The third-order valence-electron chi connectivity index (χ3n) is 5.06. The molecular formula is C22H26ClN3O4S. The molecule has 0 spiro atoms. The summed E-state index contributed by atoms with van der Waals surface area (Å²) in [6.45, 7) is 2.02. The van der Waals surface area contributed by atoms with E-state index in [-0.39, 0.29) is 5.11 Å². The second-order valence-electron chi connectivity index (χ2n) is 7.04. The van der Waals surface area contributed by atoms with Crippen LogP contribution in [0, 0.1) is 0 Å². The average Bonchev–Trinajstić information content (AvgIpc) is 2.78. The SMILES string of the molecule is COc1cc(C(=O)NC(=S)Nc2ccc(N3CCCCC3)c(Cl)c2)cc(OC)c1OC. The fraction of sp³-hybridized carbons (Fsp3) is 0.364. The molecule has 1 fully saturated rings. The molecule has 0 saturated carbocycles. The molecule has 2 N–H and O–H groups in total. The van der Waals surface area contributed by atoms with E-state index in [9.17, 15) is 4.79 Å². The van der Waals surface area contributed by atoms with Crippen LogP contribution >= 0.6 is 23.8 Å². The third-order valence-corrected chi connectivity index (χ3v) is 5.56. The van der Waals surface area contributed by atoms with Gasteiger partial charge in [-0.25, -0.2) is 0 Å². The largest absolute Gasteiger partial charge is 0.493 e. The van der Waals surface area contributed by atoms with Crippen molar-refractivity contribution in [2.45, 2.75) is 19.3 Å². The molecular weight excluding hydrogens is 438 g/mol. The van der Waals surface area contributed by atoms with E-state index in [1.54, 1.807) is 12.1 Å². The zero-order valence-corrected chi connectivity index (χ0v) is 19.4. The summed E-state index contributed by atoms with van der Waals surface area (Å²) in [5, 5.41) is 6.46. The van der Waals surface area contributed by atoms with Crippen molar-refractivity contribution in [2.75, 3.05) is 44.6 Å². The molecule has 0 radical (unpaired) electrons. The van der Waals surface area contributed by atoms with E-state index in [0.29, 0.717) is 33.5 Å². The van der Waals surface area contributed by atoms with Gasteiger partial charge in [-0.05, 0) is 61.8 Å². The van der Waals surface area contributed by atoms with Crippen LogP contribution in [0.1, 0.15) is 29.6 Å². The number of benzene rings is 2. The lowest BCUT2D eigenvalue weighted by atomic mass is 10.1. The van der Waals surface area contributed by atoms with Gasteiger partial charge in [0.05, 0.1) is 32.0 Å². The number of rotatable bonds is 6. The van der Waals surface area contributed by atoms with E-state index >= 15 is 0 Å². The molecule has 2 aromatic carbocycles. The van der Waals surface area contributed by atoms with Gasteiger partial charge in [-0.2, -0.15) is 0 Å².